The Balaban J connectivity index is 1.79. The molecule has 1 aliphatic heterocycles. The van der Waals surface area contributed by atoms with Gasteiger partial charge in [-0.2, -0.15) is 0 Å². The van der Waals surface area contributed by atoms with Crippen molar-refractivity contribution in [3.63, 3.8) is 0 Å². The standard InChI is InChI=1S/C17H16N2O5/c1-2-23-17(22)10-7-8-14-12(9-10)18-15(21)16(24-14)19-11-5-3-4-6-13(11)20/h3-9,16,19-20H,2H2,1H3,(H,18,21). The summed E-state index contributed by atoms with van der Waals surface area (Å²) in [6.45, 7) is 1.99. The number of ether oxygens (including phenoxy) is 2. The highest BCUT2D eigenvalue weighted by Crippen LogP contribution is 2.32. The van der Waals surface area contributed by atoms with Gasteiger partial charge in [0.1, 0.15) is 11.5 Å². The molecule has 0 aromatic heterocycles. The fraction of sp³-hybridized carbons (Fsp3) is 0.176. The lowest BCUT2D eigenvalue weighted by Crippen LogP contribution is -2.42. The molecule has 1 heterocycles. The molecule has 1 amide bonds. The number of benzene rings is 2. The van der Waals surface area contributed by atoms with Crippen LogP contribution in [0.25, 0.3) is 0 Å². The number of phenols is 1. The minimum absolute atomic E-state index is 0.0114. The van der Waals surface area contributed by atoms with Crippen molar-refractivity contribution in [2.24, 2.45) is 0 Å². The first-order chi connectivity index (χ1) is 11.6. The van der Waals surface area contributed by atoms with Crippen LogP contribution in [-0.2, 0) is 9.53 Å². The van der Waals surface area contributed by atoms with Gasteiger partial charge in [-0.25, -0.2) is 4.79 Å². The highest BCUT2D eigenvalue weighted by atomic mass is 16.5. The number of para-hydroxylation sites is 2. The van der Waals surface area contributed by atoms with E-state index in [0.29, 0.717) is 22.7 Å². The Hall–Kier alpha value is -3.22. The lowest BCUT2D eigenvalue weighted by atomic mass is 10.1. The molecule has 3 rings (SSSR count). The molecule has 24 heavy (non-hydrogen) atoms. The van der Waals surface area contributed by atoms with Crippen molar-refractivity contribution in [3.05, 3.63) is 48.0 Å². The number of nitrogens with one attached hydrogen (secondary N) is 2. The lowest BCUT2D eigenvalue weighted by Gasteiger charge is -2.27. The van der Waals surface area contributed by atoms with Gasteiger partial charge < -0.3 is 25.2 Å². The SMILES string of the molecule is CCOC(=O)c1ccc2c(c1)NC(=O)C(Nc1ccccc1O)O2. The monoisotopic (exact) mass is 328 g/mol. The fourth-order valence-corrected chi connectivity index (χ4v) is 2.28. The molecule has 3 N–H and O–H groups in total. The van der Waals surface area contributed by atoms with Crippen LogP contribution in [0.4, 0.5) is 11.4 Å². The van der Waals surface area contributed by atoms with Crippen molar-refractivity contribution in [1.82, 2.24) is 0 Å². The van der Waals surface area contributed by atoms with Gasteiger partial charge in [-0.1, -0.05) is 12.1 Å². The molecule has 0 bridgehead atoms. The van der Waals surface area contributed by atoms with Gasteiger partial charge in [0, 0.05) is 0 Å². The Bertz CT molecular complexity index is 790. The van der Waals surface area contributed by atoms with Crippen LogP contribution in [0.1, 0.15) is 17.3 Å². The molecule has 1 atom stereocenters. The van der Waals surface area contributed by atoms with Crippen LogP contribution in [0, 0.1) is 0 Å². The van der Waals surface area contributed by atoms with Gasteiger partial charge >= 0.3 is 5.97 Å². The number of hydrogen-bond acceptors (Lipinski definition) is 6. The quantitative estimate of drug-likeness (QED) is 0.589. The van der Waals surface area contributed by atoms with E-state index in [4.69, 9.17) is 9.47 Å². The second kappa shape index (κ2) is 6.49. The Morgan fingerprint density at radius 2 is 2.12 bits per heavy atom. The average Bonchev–Trinajstić information content (AvgIpc) is 2.57. The van der Waals surface area contributed by atoms with Gasteiger partial charge in [0.25, 0.3) is 5.91 Å². The maximum atomic E-state index is 12.2. The molecule has 0 saturated carbocycles. The van der Waals surface area contributed by atoms with Crippen molar-refractivity contribution >= 4 is 23.3 Å². The van der Waals surface area contributed by atoms with Crippen LogP contribution >= 0.6 is 0 Å². The van der Waals surface area contributed by atoms with E-state index >= 15 is 0 Å². The number of carbonyl (C=O) groups is 2. The summed E-state index contributed by atoms with van der Waals surface area (Å²) in [5.41, 5.74) is 1.09. The van der Waals surface area contributed by atoms with Crippen molar-refractivity contribution in [2.75, 3.05) is 17.2 Å². The second-order valence-corrected chi connectivity index (χ2v) is 5.08. The van der Waals surface area contributed by atoms with Gasteiger partial charge in [0.05, 0.1) is 23.5 Å². The molecule has 7 heteroatoms. The molecule has 0 saturated heterocycles. The van der Waals surface area contributed by atoms with Crippen LogP contribution in [0.2, 0.25) is 0 Å². The number of anilines is 2. The summed E-state index contributed by atoms with van der Waals surface area (Å²) in [7, 11) is 0. The Kier molecular flexibility index (Phi) is 4.24. The Morgan fingerprint density at radius 3 is 2.88 bits per heavy atom. The van der Waals surface area contributed by atoms with Crippen molar-refractivity contribution in [3.8, 4) is 11.5 Å². The molecule has 0 radical (unpaired) electrons. The van der Waals surface area contributed by atoms with Crippen molar-refractivity contribution in [1.29, 1.82) is 0 Å². The molecule has 2 aromatic rings. The van der Waals surface area contributed by atoms with E-state index < -0.39 is 18.1 Å². The number of aromatic hydroxyl groups is 1. The fourth-order valence-electron chi connectivity index (χ4n) is 2.28. The number of carbonyl (C=O) groups excluding carboxylic acids is 2. The topological polar surface area (TPSA) is 96.9 Å². The number of hydrogen-bond donors (Lipinski definition) is 3. The number of rotatable bonds is 4. The van der Waals surface area contributed by atoms with Crippen molar-refractivity contribution in [2.45, 2.75) is 13.2 Å². The minimum atomic E-state index is -1.00. The molecule has 1 unspecified atom stereocenters. The number of esters is 1. The van der Waals surface area contributed by atoms with Gasteiger partial charge in [-0.15, -0.1) is 0 Å². The normalized spacial score (nSPS) is 15.7. The van der Waals surface area contributed by atoms with Crippen LogP contribution in [0.5, 0.6) is 11.5 Å². The van der Waals surface area contributed by atoms with E-state index in [1.54, 1.807) is 37.3 Å². The van der Waals surface area contributed by atoms with Crippen LogP contribution in [0.15, 0.2) is 42.5 Å². The zero-order valence-electron chi connectivity index (χ0n) is 12.9. The summed E-state index contributed by atoms with van der Waals surface area (Å²) < 4.78 is 10.5. The molecule has 0 spiro atoms. The second-order valence-electron chi connectivity index (χ2n) is 5.08. The maximum absolute atomic E-state index is 12.2. The van der Waals surface area contributed by atoms with E-state index in [9.17, 15) is 14.7 Å². The molecule has 124 valence electrons. The summed E-state index contributed by atoms with van der Waals surface area (Å²) in [6, 6.07) is 11.2. The van der Waals surface area contributed by atoms with Crippen LogP contribution < -0.4 is 15.4 Å². The highest BCUT2D eigenvalue weighted by Gasteiger charge is 2.28. The highest BCUT2D eigenvalue weighted by molar-refractivity contribution is 6.01. The Labute approximate surface area is 138 Å². The van der Waals surface area contributed by atoms with E-state index in [2.05, 4.69) is 10.6 Å². The molecular formula is C17H16N2O5. The molecule has 2 aromatic carbocycles. The summed E-state index contributed by atoms with van der Waals surface area (Å²) >= 11 is 0. The molecule has 0 fully saturated rings. The first-order valence-electron chi connectivity index (χ1n) is 7.41. The van der Waals surface area contributed by atoms with Gasteiger partial charge in [0.2, 0.25) is 6.23 Å². The summed E-state index contributed by atoms with van der Waals surface area (Å²) in [5.74, 6) is -0.483. The van der Waals surface area contributed by atoms with Gasteiger partial charge in [-0.3, -0.25) is 4.79 Å². The third kappa shape index (κ3) is 3.10. The smallest absolute Gasteiger partial charge is 0.338 e. The largest absolute Gasteiger partial charge is 0.506 e. The van der Waals surface area contributed by atoms with E-state index in [-0.39, 0.29) is 12.4 Å². The number of amides is 1. The summed E-state index contributed by atoms with van der Waals surface area (Å²) in [4.78, 5) is 23.9. The predicted octanol–water partition coefficient (Wildman–Crippen LogP) is 2.34. The van der Waals surface area contributed by atoms with E-state index in [1.807, 2.05) is 0 Å². The minimum Gasteiger partial charge on any atom is -0.506 e. The first-order valence-corrected chi connectivity index (χ1v) is 7.41. The molecule has 0 aliphatic carbocycles. The zero-order chi connectivity index (χ0) is 17.1. The first kappa shape index (κ1) is 15.7. The van der Waals surface area contributed by atoms with Gasteiger partial charge in [-0.05, 0) is 37.3 Å². The van der Waals surface area contributed by atoms with Gasteiger partial charge in [0.15, 0.2) is 0 Å². The Morgan fingerprint density at radius 1 is 1.33 bits per heavy atom. The molecule has 1 aliphatic rings. The third-order valence-electron chi connectivity index (χ3n) is 3.42. The molecular weight excluding hydrogens is 312 g/mol. The number of phenolic OH excluding ortho intramolecular Hbond substituents is 1. The predicted molar refractivity (Wildman–Crippen MR) is 87.2 cm³/mol. The summed E-state index contributed by atoms with van der Waals surface area (Å²) in [6.07, 6.45) is -1.00. The third-order valence-corrected chi connectivity index (χ3v) is 3.42. The van der Waals surface area contributed by atoms with Crippen molar-refractivity contribution < 1.29 is 24.2 Å². The average molecular weight is 328 g/mol. The summed E-state index contributed by atoms with van der Waals surface area (Å²) in [5, 5.41) is 15.3. The van der Waals surface area contributed by atoms with Crippen LogP contribution in [-0.4, -0.2) is 29.8 Å². The lowest BCUT2D eigenvalue weighted by molar-refractivity contribution is -0.122. The van der Waals surface area contributed by atoms with Crippen LogP contribution in [0.3, 0.4) is 0 Å². The number of fused-ring (bicyclic) bond motifs is 1. The maximum Gasteiger partial charge on any atom is 0.338 e. The van der Waals surface area contributed by atoms with E-state index in [0.717, 1.165) is 0 Å². The van der Waals surface area contributed by atoms with E-state index in [1.165, 1.54) is 12.1 Å². The zero-order valence-corrected chi connectivity index (χ0v) is 12.9. The molecule has 7 nitrogen and oxygen atoms in total.